The van der Waals surface area contributed by atoms with E-state index in [0.29, 0.717) is 23.7 Å². The maximum Gasteiger partial charge on any atom is 0.324 e. The lowest BCUT2D eigenvalue weighted by atomic mass is 9.49. The van der Waals surface area contributed by atoms with Crippen LogP contribution in [0.1, 0.15) is 86.5 Å². The molecule has 178 valence electrons. The van der Waals surface area contributed by atoms with Gasteiger partial charge in [0.2, 0.25) is 11.8 Å². The smallest absolute Gasteiger partial charge is 0.324 e. The summed E-state index contributed by atoms with van der Waals surface area (Å²) >= 11 is 0. The third kappa shape index (κ3) is 3.67. The molecule has 3 aliphatic carbocycles. The van der Waals surface area contributed by atoms with Crippen LogP contribution in [-0.2, 0) is 9.59 Å². The first-order valence-corrected chi connectivity index (χ1v) is 12.6. The van der Waals surface area contributed by atoms with E-state index >= 15 is 0 Å². The third-order valence-corrected chi connectivity index (χ3v) is 9.13. The largest absolute Gasteiger partial charge is 0.335 e. The van der Waals surface area contributed by atoms with Crippen LogP contribution in [0, 0.1) is 34.5 Å². The molecule has 2 N–H and O–H groups in total. The first-order valence-electron chi connectivity index (χ1n) is 12.6. The zero-order valence-corrected chi connectivity index (χ0v) is 20.7. The lowest BCUT2D eigenvalue weighted by Gasteiger charge is -2.57. The van der Waals surface area contributed by atoms with Crippen LogP contribution in [0.15, 0.2) is 11.8 Å². The number of imide groups is 1. The summed E-state index contributed by atoms with van der Waals surface area (Å²) in [6, 6.07) is -0.808. The summed E-state index contributed by atoms with van der Waals surface area (Å²) in [5, 5.41) is 5.93. The summed E-state index contributed by atoms with van der Waals surface area (Å²) in [7, 11) is 0. The van der Waals surface area contributed by atoms with E-state index in [1.807, 2.05) is 27.7 Å². The molecular weight excluding hydrogens is 402 g/mol. The van der Waals surface area contributed by atoms with Crippen molar-refractivity contribution in [2.75, 3.05) is 0 Å². The number of hydrogen-bond acceptors (Lipinski definition) is 3. The number of nitrogens with zero attached hydrogens (tertiary/aromatic N) is 1. The summed E-state index contributed by atoms with van der Waals surface area (Å²) < 4.78 is 0. The molecule has 6 atom stereocenters. The summed E-state index contributed by atoms with van der Waals surface area (Å²) in [5.74, 6) is 0.383. The normalized spacial score (nSPS) is 38.4. The minimum atomic E-state index is -0.826. The molecule has 1 saturated heterocycles. The Labute approximate surface area is 192 Å². The Morgan fingerprint density at radius 1 is 1.12 bits per heavy atom. The minimum Gasteiger partial charge on any atom is -0.335 e. The third-order valence-electron chi connectivity index (χ3n) is 9.13. The molecule has 4 rings (SSSR count). The molecule has 0 aromatic rings. The van der Waals surface area contributed by atoms with Crippen LogP contribution >= 0.6 is 0 Å². The van der Waals surface area contributed by atoms with Crippen LogP contribution in [0.3, 0.4) is 0 Å². The van der Waals surface area contributed by atoms with E-state index in [-0.39, 0.29) is 29.3 Å². The molecule has 0 bridgehead atoms. The van der Waals surface area contributed by atoms with E-state index in [2.05, 4.69) is 30.6 Å². The lowest BCUT2D eigenvalue weighted by Crippen LogP contribution is -2.59. The SMILES string of the molecule is CC(C)NC(=O)N(C(=O)C1C[C@@]2(C)C(=CC[C@@H]3[C@H]2CC[C@]2(C)CCC[C@@H]32)NC1=O)C(C)C. The van der Waals surface area contributed by atoms with Gasteiger partial charge in [-0.3, -0.25) is 14.5 Å². The molecule has 0 aromatic carbocycles. The van der Waals surface area contributed by atoms with Gasteiger partial charge in [0.05, 0.1) is 0 Å². The van der Waals surface area contributed by atoms with Crippen molar-refractivity contribution in [2.45, 2.75) is 98.6 Å². The number of amides is 4. The summed E-state index contributed by atoms with van der Waals surface area (Å²) in [5.41, 5.74) is 1.24. The van der Waals surface area contributed by atoms with E-state index < -0.39 is 11.9 Å². The molecule has 0 spiro atoms. The second kappa shape index (κ2) is 8.18. The van der Waals surface area contributed by atoms with Gasteiger partial charge in [0.15, 0.2) is 0 Å². The number of carbonyl (C=O) groups excluding carboxylic acids is 3. The van der Waals surface area contributed by atoms with Crippen molar-refractivity contribution < 1.29 is 14.4 Å². The quantitative estimate of drug-likeness (QED) is 0.626. The molecule has 2 saturated carbocycles. The lowest BCUT2D eigenvalue weighted by molar-refractivity contribution is -0.146. The van der Waals surface area contributed by atoms with Crippen LogP contribution in [-0.4, -0.2) is 34.8 Å². The van der Waals surface area contributed by atoms with Crippen molar-refractivity contribution in [3.63, 3.8) is 0 Å². The Hall–Kier alpha value is -1.85. The van der Waals surface area contributed by atoms with Gasteiger partial charge in [-0.2, -0.15) is 0 Å². The summed E-state index contributed by atoms with van der Waals surface area (Å²) in [6.07, 6.45) is 10.1. The van der Waals surface area contributed by atoms with Gasteiger partial charge in [-0.05, 0) is 89.4 Å². The second-order valence-corrected chi connectivity index (χ2v) is 11.9. The molecule has 6 heteroatoms. The number of urea groups is 1. The average Bonchev–Trinajstić information content (AvgIpc) is 3.09. The molecule has 4 aliphatic rings. The minimum absolute atomic E-state index is 0.0779. The zero-order chi connectivity index (χ0) is 23.4. The highest BCUT2D eigenvalue weighted by Crippen LogP contribution is 2.64. The van der Waals surface area contributed by atoms with Crippen LogP contribution in [0.4, 0.5) is 4.79 Å². The highest BCUT2D eigenvalue weighted by atomic mass is 16.2. The Balaban J connectivity index is 1.61. The fraction of sp³-hybridized carbons (Fsp3) is 0.808. The fourth-order valence-corrected chi connectivity index (χ4v) is 7.55. The average molecular weight is 444 g/mol. The van der Waals surface area contributed by atoms with Crippen LogP contribution in [0.5, 0.6) is 0 Å². The topological polar surface area (TPSA) is 78.5 Å². The highest BCUT2D eigenvalue weighted by molar-refractivity contribution is 6.07. The predicted molar refractivity (Wildman–Crippen MR) is 124 cm³/mol. The van der Waals surface area contributed by atoms with Gasteiger partial charge in [-0.25, -0.2) is 4.79 Å². The first kappa shape index (κ1) is 23.3. The van der Waals surface area contributed by atoms with Crippen LogP contribution in [0.2, 0.25) is 0 Å². The van der Waals surface area contributed by atoms with E-state index in [0.717, 1.165) is 24.5 Å². The van der Waals surface area contributed by atoms with Gasteiger partial charge in [-0.1, -0.05) is 26.3 Å². The molecule has 4 amide bonds. The van der Waals surface area contributed by atoms with Gasteiger partial charge >= 0.3 is 6.03 Å². The summed E-state index contributed by atoms with van der Waals surface area (Å²) in [6.45, 7) is 12.1. The van der Waals surface area contributed by atoms with Crippen molar-refractivity contribution in [1.82, 2.24) is 15.5 Å². The van der Waals surface area contributed by atoms with Gasteiger partial charge in [0.1, 0.15) is 5.92 Å². The van der Waals surface area contributed by atoms with E-state index in [1.54, 1.807) is 0 Å². The van der Waals surface area contributed by atoms with Gasteiger partial charge in [-0.15, -0.1) is 0 Å². The number of carbonyl (C=O) groups is 3. The van der Waals surface area contributed by atoms with Gasteiger partial charge < -0.3 is 10.6 Å². The van der Waals surface area contributed by atoms with Crippen molar-refractivity contribution in [3.05, 3.63) is 11.8 Å². The number of rotatable bonds is 3. The fourth-order valence-electron chi connectivity index (χ4n) is 7.55. The number of hydrogen-bond donors (Lipinski definition) is 2. The molecule has 32 heavy (non-hydrogen) atoms. The maximum absolute atomic E-state index is 13.6. The van der Waals surface area contributed by atoms with Crippen molar-refractivity contribution in [1.29, 1.82) is 0 Å². The summed E-state index contributed by atoms with van der Waals surface area (Å²) in [4.78, 5) is 40.7. The molecule has 1 unspecified atom stereocenters. The Morgan fingerprint density at radius 3 is 2.50 bits per heavy atom. The maximum atomic E-state index is 13.6. The molecule has 3 fully saturated rings. The number of piperidine rings is 1. The molecular formula is C26H41N3O3. The number of allylic oxidation sites excluding steroid dienone is 2. The van der Waals surface area contributed by atoms with E-state index in [4.69, 9.17) is 0 Å². The van der Waals surface area contributed by atoms with Crippen molar-refractivity contribution in [3.8, 4) is 0 Å². The standard InChI is InChI=1S/C26H41N3O3/c1-15(2)27-24(32)29(16(3)4)23(31)18-14-26(6)20-11-13-25(5)12-7-8-19(25)17(20)9-10-21(26)28-22(18)30/h10,15-20H,7-9,11-14H2,1-6H3,(H,27,32)(H,28,30)/t17-,18?,19-,20+,25-,26+/m0/s1. The Bertz CT molecular complexity index is 834. The molecule has 1 heterocycles. The Kier molecular flexibility index (Phi) is 5.96. The Morgan fingerprint density at radius 2 is 1.84 bits per heavy atom. The van der Waals surface area contributed by atoms with Crippen LogP contribution < -0.4 is 10.6 Å². The molecule has 1 aliphatic heterocycles. The zero-order valence-electron chi connectivity index (χ0n) is 20.7. The predicted octanol–water partition coefficient (Wildman–Crippen LogP) is 4.60. The molecule has 0 radical (unpaired) electrons. The van der Waals surface area contributed by atoms with Gasteiger partial charge in [0.25, 0.3) is 0 Å². The number of fused-ring (bicyclic) bond motifs is 5. The van der Waals surface area contributed by atoms with E-state index in [1.165, 1.54) is 30.6 Å². The van der Waals surface area contributed by atoms with E-state index in [9.17, 15) is 14.4 Å². The highest BCUT2D eigenvalue weighted by Gasteiger charge is 2.58. The monoisotopic (exact) mass is 443 g/mol. The van der Waals surface area contributed by atoms with Crippen molar-refractivity contribution >= 4 is 17.8 Å². The molecule has 6 nitrogen and oxygen atoms in total. The van der Waals surface area contributed by atoms with Crippen molar-refractivity contribution in [2.24, 2.45) is 34.5 Å². The molecule has 0 aromatic heterocycles. The van der Waals surface area contributed by atoms with Crippen LogP contribution in [0.25, 0.3) is 0 Å². The first-order chi connectivity index (χ1) is 15.0. The van der Waals surface area contributed by atoms with Gasteiger partial charge in [0, 0.05) is 23.2 Å². The number of nitrogens with one attached hydrogen (secondary N) is 2. The second-order valence-electron chi connectivity index (χ2n) is 11.9.